The number of nitrogens with one attached hydrogen (secondary N) is 1. The molecule has 0 aliphatic carbocycles. The molecule has 0 unspecified atom stereocenters. The average Bonchev–Trinajstić information content (AvgIpc) is 2.85. The van der Waals surface area contributed by atoms with E-state index in [4.69, 9.17) is 10.00 Å². The Morgan fingerprint density at radius 2 is 2.12 bits per heavy atom. The van der Waals surface area contributed by atoms with Crippen LogP contribution >= 0.6 is 23.1 Å². The number of esters is 1. The summed E-state index contributed by atoms with van der Waals surface area (Å²) in [5.41, 5.74) is 0.433. The molecule has 5 nitrogen and oxygen atoms in total. The number of carbonyl (C=O) groups excluding carboxylic acids is 2. The third-order valence-electron chi connectivity index (χ3n) is 3.05. The summed E-state index contributed by atoms with van der Waals surface area (Å²) in [6, 6.07) is 5.57. The maximum Gasteiger partial charge on any atom is 0.348 e. The van der Waals surface area contributed by atoms with Crippen LogP contribution in [0.3, 0.4) is 0 Å². The molecule has 0 saturated heterocycles. The van der Waals surface area contributed by atoms with Gasteiger partial charge in [-0.25, -0.2) is 9.18 Å². The van der Waals surface area contributed by atoms with E-state index < -0.39 is 17.7 Å². The van der Waals surface area contributed by atoms with Crippen LogP contribution in [0.25, 0.3) is 0 Å². The third kappa shape index (κ3) is 3.75. The average molecular weight is 364 g/mol. The van der Waals surface area contributed by atoms with E-state index in [-0.39, 0.29) is 12.2 Å². The molecule has 1 aromatic heterocycles. The Morgan fingerprint density at radius 3 is 2.75 bits per heavy atom. The monoisotopic (exact) mass is 364 g/mol. The van der Waals surface area contributed by atoms with E-state index in [1.54, 1.807) is 19.9 Å². The second-order valence-electron chi connectivity index (χ2n) is 4.56. The predicted molar refractivity (Wildman–Crippen MR) is 90.8 cm³/mol. The van der Waals surface area contributed by atoms with Crippen LogP contribution in [-0.4, -0.2) is 18.5 Å². The van der Waals surface area contributed by atoms with Crippen LogP contribution in [0.2, 0.25) is 0 Å². The number of amides is 1. The second kappa shape index (κ2) is 7.95. The molecule has 0 aliphatic heterocycles. The van der Waals surface area contributed by atoms with Crippen LogP contribution in [0.4, 0.5) is 9.39 Å². The number of anilines is 1. The van der Waals surface area contributed by atoms with Crippen LogP contribution in [0.1, 0.15) is 32.5 Å². The number of benzene rings is 1. The summed E-state index contributed by atoms with van der Waals surface area (Å²) >= 11 is 1.83. The Morgan fingerprint density at radius 1 is 1.42 bits per heavy atom. The van der Waals surface area contributed by atoms with Crippen LogP contribution in [0.5, 0.6) is 0 Å². The molecule has 0 spiro atoms. The molecule has 0 atom stereocenters. The first-order valence-corrected chi connectivity index (χ1v) is 8.55. The third-order valence-corrected chi connectivity index (χ3v) is 5.17. The molecule has 0 bridgehead atoms. The van der Waals surface area contributed by atoms with Gasteiger partial charge in [0.1, 0.15) is 21.1 Å². The van der Waals surface area contributed by atoms with Crippen LogP contribution in [0, 0.1) is 23.4 Å². The normalized spacial score (nSPS) is 10.1. The largest absolute Gasteiger partial charge is 0.462 e. The summed E-state index contributed by atoms with van der Waals surface area (Å²) in [6.45, 7) is 3.57. The molecule has 8 heteroatoms. The zero-order valence-electron chi connectivity index (χ0n) is 12.9. The van der Waals surface area contributed by atoms with Crippen molar-refractivity contribution in [3.63, 3.8) is 0 Å². The zero-order chi connectivity index (χ0) is 17.7. The number of thiophene rings is 1. The van der Waals surface area contributed by atoms with Crippen molar-refractivity contribution in [2.45, 2.75) is 18.7 Å². The number of carbonyl (C=O) groups is 2. The van der Waals surface area contributed by atoms with Crippen LogP contribution in [-0.2, 0) is 4.74 Å². The number of halogens is 1. The first kappa shape index (κ1) is 18.0. The van der Waals surface area contributed by atoms with Crippen molar-refractivity contribution in [1.82, 2.24) is 0 Å². The molecule has 0 saturated carbocycles. The van der Waals surface area contributed by atoms with E-state index in [9.17, 15) is 14.0 Å². The fourth-order valence-electron chi connectivity index (χ4n) is 1.96. The molecule has 24 heavy (non-hydrogen) atoms. The number of thiocyanates is 1. The second-order valence-corrected chi connectivity index (χ2v) is 6.38. The molecule has 1 aromatic carbocycles. The van der Waals surface area contributed by atoms with Gasteiger partial charge < -0.3 is 10.1 Å². The number of ether oxygens (including phenoxy) is 1. The van der Waals surface area contributed by atoms with Crippen molar-refractivity contribution in [3.8, 4) is 5.40 Å². The quantitative estimate of drug-likeness (QED) is 0.489. The fourth-order valence-corrected chi connectivity index (χ4v) is 3.75. The molecular weight excluding hydrogens is 351 g/mol. The minimum Gasteiger partial charge on any atom is -0.462 e. The molecule has 2 aromatic rings. The molecule has 0 aliphatic rings. The number of thioether (sulfide) groups is 1. The van der Waals surface area contributed by atoms with E-state index in [2.05, 4.69) is 5.32 Å². The lowest BCUT2D eigenvalue weighted by Crippen LogP contribution is -2.13. The summed E-state index contributed by atoms with van der Waals surface area (Å²) in [7, 11) is 0. The Bertz CT molecular complexity index is 827. The SMILES string of the molecule is CCOC(=O)c1sc(NC(=O)c2ccccc2F)c(SC#N)c1C. The van der Waals surface area contributed by atoms with Crippen molar-refractivity contribution in [1.29, 1.82) is 5.26 Å². The lowest BCUT2D eigenvalue weighted by molar-refractivity contribution is 0.0531. The van der Waals surface area contributed by atoms with Gasteiger partial charge in [-0.1, -0.05) is 12.1 Å². The number of nitrogens with zero attached hydrogens (tertiary/aromatic N) is 1. The van der Waals surface area contributed by atoms with Crippen molar-refractivity contribution in [3.05, 3.63) is 46.1 Å². The Balaban J connectivity index is 2.37. The van der Waals surface area contributed by atoms with Gasteiger partial charge in [-0.15, -0.1) is 11.3 Å². The number of rotatable bonds is 5. The summed E-state index contributed by atoms with van der Waals surface area (Å²) in [6.07, 6.45) is 0. The predicted octanol–water partition coefficient (Wildman–Crippen LogP) is 4.20. The Kier molecular flexibility index (Phi) is 5.95. The first-order chi connectivity index (χ1) is 11.5. The summed E-state index contributed by atoms with van der Waals surface area (Å²) in [5, 5.41) is 13.7. The molecule has 124 valence electrons. The molecule has 1 heterocycles. The van der Waals surface area contributed by atoms with Gasteiger partial charge in [0.2, 0.25) is 0 Å². The molecule has 1 amide bonds. The van der Waals surface area contributed by atoms with E-state index in [0.29, 0.717) is 20.3 Å². The van der Waals surface area contributed by atoms with Crippen LogP contribution in [0.15, 0.2) is 29.2 Å². The fraction of sp³-hybridized carbons (Fsp3) is 0.188. The first-order valence-electron chi connectivity index (χ1n) is 6.91. The maximum absolute atomic E-state index is 13.7. The number of nitriles is 1. The van der Waals surface area contributed by atoms with E-state index in [1.807, 2.05) is 5.40 Å². The van der Waals surface area contributed by atoms with Gasteiger partial charge in [0.15, 0.2) is 0 Å². The van der Waals surface area contributed by atoms with Gasteiger partial charge in [0, 0.05) is 0 Å². The summed E-state index contributed by atoms with van der Waals surface area (Å²) < 4.78 is 18.7. The number of hydrogen-bond acceptors (Lipinski definition) is 6. The Labute approximate surface area is 146 Å². The lowest BCUT2D eigenvalue weighted by atomic mass is 10.2. The van der Waals surface area contributed by atoms with Gasteiger partial charge in [0.25, 0.3) is 5.91 Å². The van der Waals surface area contributed by atoms with Gasteiger partial charge in [-0.2, -0.15) is 5.26 Å². The molecule has 0 radical (unpaired) electrons. The highest BCUT2D eigenvalue weighted by atomic mass is 32.2. The van der Waals surface area contributed by atoms with Gasteiger partial charge in [0.05, 0.1) is 17.1 Å². The Hall–Kier alpha value is -2.37. The maximum atomic E-state index is 13.7. The highest BCUT2D eigenvalue weighted by Crippen LogP contribution is 2.40. The summed E-state index contributed by atoms with van der Waals surface area (Å²) in [4.78, 5) is 25.0. The smallest absolute Gasteiger partial charge is 0.348 e. The van der Waals surface area contributed by atoms with Crippen molar-refractivity contribution >= 4 is 40.0 Å². The minimum atomic E-state index is -0.650. The van der Waals surface area contributed by atoms with Crippen molar-refractivity contribution in [2.75, 3.05) is 11.9 Å². The van der Waals surface area contributed by atoms with Crippen LogP contribution < -0.4 is 5.32 Å². The topological polar surface area (TPSA) is 79.2 Å². The molecular formula is C16H13FN2O3S2. The molecule has 2 rings (SSSR count). The molecule has 0 fully saturated rings. The van der Waals surface area contributed by atoms with Gasteiger partial charge >= 0.3 is 5.97 Å². The summed E-state index contributed by atoms with van der Waals surface area (Å²) in [5.74, 6) is -1.82. The van der Waals surface area contributed by atoms with Crippen molar-refractivity contribution in [2.24, 2.45) is 0 Å². The van der Waals surface area contributed by atoms with E-state index in [1.165, 1.54) is 18.2 Å². The lowest BCUT2D eigenvalue weighted by Gasteiger charge is -2.05. The number of hydrogen-bond donors (Lipinski definition) is 1. The van der Waals surface area contributed by atoms with Crippen molar-refractivity contribution < 1.29 is 18.7 Å². The zero-order valence-corrected chi connectivity index (χ0v) is 14.5. The van der Waals surface area contributed by atoms with Gasteiger partial charge in [-0.3, -0.25) is 4.79 Å². The van der Waals surface area contributed by atoms with E-state index >= 15 is 0 Å². The van der Waals surface area contributed by atoms with E-state index in [0.717, 1.165) is 23.1 Å². The molecule has 1 N–H and O–H groups in total. The highest BCUT2D eigenvalue weighted by Gasteiger charge is 2.23. The van der Waals surface area contributed by atoms with Gasteiger partial charge in [-0.05, 0) is 43.3 Å². The minimum absolute atomic E-state index is 0.117. The standard InChI is InChI=1S/C16H13FN2O3S2/c1-3-22-16(21)13-9(2)12(23-8-18)15(24-13)19-14(20)10-6-4-5-7-11(10)17/h4-7H,3H2,1-2H3,(H,19,20). The highest BCUT2D eigenvalue weighted by molar-refractivity contribution is 8.04.